The maximum atomic E-state index is 6.07. The van der Waals surface area contributed by atoms with Crippen molar-refractivity contribution in [3.8, 4) is 0 Å². The second-order valence-corrected chi connectivity index (χ2v) is 5.78. The molecular weight excluding hydrogens is 281 g/mol. The third kappa shape index (κ3) is 2.84. The van der Waals surface area contributed by atoms with Crippen LogP contribution in [0.3, 0.4) is 0 Å². The fourth-order valence-electron chi connectivity index (χ4n) is 1.50. The van der Waals surface area contributed by atoms with E-state index in [1.165, 1.54) is 11.3 Å². The van der Waals surface area contributed by atoms with Crippen molar-refractivity contribution < 1.29 is 9.15 Å². The minimum Gasteiger partial charge on any atom is -0.462 e. The number of thiophene rings is 1. The van der Waals surface area contributed by atoms with Crippen LogP contribution in [-0.4, -0.2) is 7.11 Å². The predicted molar refractivity (Wildman–Crippen MR) is 69.8 cm³/mol. The van der Waals surface area contributed by atoms with Crippen molar-refractivity contribution in [3.63, 3.8) is 0 Å². The van der Waals surface area contributed by atoms with Crippen molar-refractivity contribution in [3.05, 3.63) is 44.0 Å². The van der Waals surface area contributed by atoms with Gasteiger partial charge in [-0.3, -0.25) is 0 Å². The lowest BCUT2D eigenvalue weighted by Gasteiger charge is -2.07. The Morgan fingerprint density at radius 1 is 1.47 bits per heavy atom. The highest BCUT2D eigenvalue weighted by molar-refractivity contribution is 7.20. The van der Waals surface area contributed by atoms with E-state index in [9.17, 15) is 0 Å². The summed E-state index contributed by atoms with van der Waals surface area (Å²) in [6.07, 6.45) is 0. The summed E-state index contributed by atoms with van der Waals surface area (Å²) in [5.74, 6) is 1.38. The second kappa shape index (κ2) is 5.42. The van der Waals surface area contributed by atoms with Crippen LogP contribution in [-0.2, 0) is 11.3 Å². The van der Waals surface area contributed by atoms with E-state index in [4.69, 9.17) is 38.1 Å². The van der Waals surface area contributed by atoms with Crippen LogP contribution in [0, 0.1) is 0 Å². The fourth-order valence-corrected chi connectivity index (χ4v) is 3.05. The van der Waals surface area contributed by atoms with Crippen LogP contribution in [0.2, 0.25) is 8.67 Å². The molecule has 2 N–H and O–H groups in total. The summed E-state index contributed by atoms with van der Waals surface area (Å²) in [6.45, 7) is 0.421. The van der Waals surface area contributed by atoms with E-state index in [-0.39, 0.29) is 0 Å². The van der Waals surface area contributed by atoms with Crippen molar-refractivity contribution >= 4 is 34.5 Å². The number of hydrogen-bond donors (Lipinski definition) is 1. The minimum atomic E-state index is -0.406. The first kappa shape index (κ1) is 12.9. The van der Waals surface area contributed by atoms with Gasteiger partial charge in [0, 0.05) is 12.7 Å². The molecule has 1 atom stereocenters. The molecular formula is C11H11Cl2NO2S. The van der Waals surface area contributed by atoms with E-state index in [1.807, 2.05) is 12.1 Å². The Morgan fingerprint density at radius 3 is 2.82 bits per heavy atom. The quantitative estimate of drug-likeness (QED) is 0.931. The number of rotatable bonds is 4. The summed E-state index contributed by atoms with van der Waals surface area (Å²) in [7, 11) is 1.61. The van der Waals surface area contributed by atoms with Gasteiger partial charge in [0.05, 0.1) is 14.7 Å². The Bertz CT molecular complexity index is 509. The molecule has 0 aliphatic rings. The standard InChI is InChI=1S/C11H11Cl2NO2S/c1-15-5-6-2-3-8(16-6)10(14)7-4-9(12)17-11(7)13/h2-4,10H,5,14H2,1H3. The highest BCUT2D eigenvalue weighted by Gasteiger charge is 2.18. The predicted octanol–water partition coefficient (Wildman–Crippen LogP) is 3.84. The number of methoxy groups -OCH3 is 1. The summed E-state index contributed by atoms with van der Waals surface area (Å²) in [5, 5.41) is 0. The van der Waals surface area contributed by atoms with E-state index in [0.717, 1.165) is 11.3 Å². The highest BCUT2D eigenvalue weighted by Crippen LogP contribution is 2.36. The van der Waals surface area contributed by atoms with E-state index in [0.29, 0.717) is 21.0 Å². The molecule has 2 heterocycles. The number of ether oxygens (including phenoxy) is 1. The first-order valence-corrected chi connectivity index (χ1v) is 6.47. The van der Waals surface area contributed by atoms with Gasteiger partial charge in [-0.1, -0.05) is 23.2 Å². The van der Waals surface area contributed by atoms with Crippen molar-refractivity contribution in [1.29, 1.82) is 0 Å². The number of halogens is 2. The van der Waals surface area contributed by atoms with Crippen molar-refractivity contribution in [2.75, 3.05) is 7.11 Å². The maximum absolute atomic E-state index is 6.07. The lowest BCUT2D eigenvalue weighted by molar-refractivity contribution is 0.162. The van der Waals surface area contributed by atoms with Gasteiger partial charge in [-0.05, 0) is 18.2 Å². The first-order chi connectivity index (χ1) is 8.11. The number of nitrogens with two attached hydrogens (primary N) is 1. The largest absolute Gasteiger partial charge is 0.462 e. The lowest BCUT2D eigenvalue weighted by Crippen LogP contribution is -2.10. The Balaban J connectivity index is 2.24. The maximum Gasteiger partial charge on any atom is 0.129 e. The van der Waals surface area contributed by atoms with Crippen LogP contribution in [0.5, 0.6) is 0 Å². The summed E-state index contributed by atoms with van der Waals surface area (Å²) in [4.78, 5) is 0. The Kier molecular flexibility index (Phi) is 4.12. The molecule has 0 spiro atoms. The topological polar surface area (TPSA) is 48.4 Å². The van der Waals surface area contributed by atoms with E-state index < -0.39 is 6.04 Å². The van der Waals surface area contributed by atoms with Gasteiger partial charge in [-0.2, -0.15) is 0 Å². The van der Waals surface area contributed by atoms with Gasteiger partial charge >= 0.3 is 0 Å². The lowest BCUT2D eigenvalue weighted by atomic mass is 10.1. The van der Waals surface area contributed by atoms with Gasteiger partial charge in [0.1, 0.15) is 18.1 Å². The van der Waals surface area contributed by atoms with Gasteiger partial charge < -0.3 is 14.9 Å². The Hall–Kier alpha value is -0.520. The van der Waals surface area contributed by atoms with Crippen LogP contribution in [0.1, 0.15) is 23.1 Å². The zero-order valence-corrected chi connectivity index (χ0v) is 11.4. The average molecular weight is 292 g/mol. The molecule has 92 valence electrons. The molecule has 2 aromatic rings. The molecule has 0 amide bonds. The molecule has 0 saturated heterocycles. The van der Waals surface area contributed by atoms with E-state index in [1.54, 1.807) is 13.2 Å². The molecule has 2 rings (SSSR count). The van der Waals surface area contributed by atoms with Crippen LogP contribution < -0.4 is 5.73 Å². The second-order valence-electron chi connectivity index (χ2n) is 3.49. The monoisotopic (exact) mass is 291 g/mol. The molecule has 0 fully saturated rings. The van der Waals surface area contributed by atoms with Gasteiger partial charge in [-0.15, -0.1) is 11.3 Å². The molecule has 3 nitrogen and oxygen atoms in total. The zero-order valence-electron chi connectivity index (χ0n) is 9.07. The minimum absolute atomic E-state index is 0.406. The SMILES string of the molecule is COCc1ccc(C(N)c2cc(Cl)sc2Cl)o1. The van der Waals surface area contributed by atoms with Gasteiger partial charge in [0.15, 0.2) is 0 Å². The van der Waals surface area contributed by atoms with Crippen molar-refractivity contribution in [1.82, 2.24) is 0 Å². The summed E-state index contributed by atoms with van der Waals surface area (Å²) in [6, 6.07) is 5.01. The molecule has 2 aromatic heterocycles. The zero-order chi connectivity index (χ0) is 12.4. The third-order valence-corrected chi connectivity index (χ3v) is 3.81. The molecule has 0 bridgehead atoms. The normalized spacial score (nSPS) is 12.9. The van der Waals surface area contributed by atoms with Crippen LogP contribution in [0.4, 0.5) is 0 Å². The molecule has 0 aliphatic heterocycles. The molecule has 17 heavy (non-hydrogen) atoms. The van der Waals surface area contributed by atoms with Crippen molar-refractivity contribution in [2.45, 2.75) is 12.6 Å². The molecule has 0 radical (unpaired) electrons. The molecule has 6 heteroatoms. The van der Waals surface area contributed by atoms with Crippen LogP contribution in [0.25, 0.3) is 0 Å². The third-order valence-electron chi connectivity index (χ3n) is 2.29. The van der Waals surface area contributed by atoms with Gasteiger partial charge in [0.25, 0.3) is 0 Å². The molecule has 0 aromatic carbocycles. The molecule has 0 aliphatic carbocycles. The smallest absolute Gasteiger partial charge is 0.129 e. The van der Waals surface area contributed by atoms with Crippen LogP contribution in [0.15, 0.2) is 22.6 Å². The van der Waals surface area contributed by atoms with Crippen LogP contribution >= 0.6 is 34.5 Å². The fraction of sp³-hybridized carbons (Fsp3) is 0.273. The highest BCUT2D eigenvalue weighted by atomic mass is 35.5. The van der Waals surface area contributed by atoms with E-state index >= 15 is 0 Å². The van der Waals surface area contributed by atoms with Crippen molar-refractivity contribution in [2.24, 2.45) is 5.73 Å². The average Bonchev–Trinajstić information content (AvgIpc) is 2.85. The molecule has 0 saturated carbocycles. The molecule has 1 unspecified atom stereocenters. The number of hydrogen-bond acceptors (Lipinski definition) is 4. The van der Waals surface area contributed by atoms with Gasteiger partial charge in [-0.25, -0.2) is 0 Å². The van der Waals surface area contributed by atoms with E-state index in [2.05, 4.69) is 0 Å². The summed E-state index contributed by atoms with van der Waals surface area (Å²) < 4.78 is 11.7. The summed E-state index contributed by atoms with van der Waals surface area (Å²) >= 11 is 13.2. The number of furan rings is 1. The Morgan fingerprint density at radius 2 is 2.24 bits per heavy atom. The summed E-state index contributed by atoms with van der Waals surface area (Å²) in [5.41, 5.74) is 6.85. The van der Waals surface area contributed by atoms with Gasteiger partial charge in [0.2, 0.25) is 0 Å². The Labute approximate surface area is 113 Å². The first-order valence-electron chi connectivity index (χ1n) is 4.89.